The molecular weight excluding hydrogens is 372 g/mol. The monoisotopic (exact) mass is 390 g/mol. The topological polar surface area (TPSA) is 83.1 Å². The highest BCUT2D eigenvalue weighted by Crippen LogP contribution is 2.12. The third-order valence-electron chi connectivity index (χ3n) is 3.24. The Morgan fingerprint density at radius 3 is 2.46 bits per heavy atom. The minimum atomic E-state index is -0.305. The molecule has 7 heteroatoms. The van der Waals surface area contributed by atoms with Crippen molar-refractivity contribution in [3.8, 4) is 0 Å². The number of nitrogens with zero attached hydrogens (tertiary/aromatic N) is 1. The summed E-state index contributed by atoms with van der Waals surface area (Å²) in [5.74, 6) is -0.432. The van der Waals surface area contributed by atoms with Crippen molar-refractivity contribution in [2.75, 3.05) is 25.5 Å². The number of hydrogen-bond donors (Lipinski definition) is 3. The molecule has 2 aromatic rings. The maximum absolute atomic E-state index is 12.1. The second-order valence-corrected chi connectivity index (χ2v) is 5.90. The molecule has 2 rings (SSSR count). The molecule has 0 spiro atoms. The molecule has 0 fully saturated rings. The van der Waals surface area contributed by atoms with E-state index in [9.17, 15) is 9.59 Å². The van der Waals surface area contributed by atoms with E-state index < -0.39 is 0 Å². The number of amides is 2. The van der Waals surface area contributed by atoms with E-state index in [0.29, 0.717) is 28.1 Å². The summed E-state index contributed by atoms with van der Waals surface area (Å²) in [6.45, 7) is 1.47. The number of nitrogens with one attached hydrogen (secondary N) is 3. The zero-order valence-corrected chi connectivity index (χ0v) is 14.9. The standard InChI is InChI=1S/C17H19BrN4O2/c1-19-10-3-11-20-16(23)12-6-8-13(9-7-12)21-17(24)14-4-2-5-15(18)22-14/h2,4-9,19H,3,10-11H2,1H3,(H,20,23)(H,21,24). The van der Waals surface area contributed by atoms with Crippen LogP contribution in [-0.4, -0.2) is 36.9 Å². The van der Waals surface area contributed by atoms with Crippen LogP contribution in [-0.2, 0) is 0 Å². The van der Waals surface area contributed by atoms with E-state index in [1.54, 1.807) is 42.5 Å². The number of hydrogen-bond acceptors (Lipinski definition) is 4. The van der Waals surface area contributed by atoms with Gasteiger partial charge in [0.1, 0.15) is 10.3 Å². The Morgan fingerprint density at radius 2 is 1.79 bits per heavy atom. The van der Waals surface area contributed by atoms with Gasteiger partial charge in [0, 0.05) is 17.8 Å². The lowest BCUT2D eigenvalue weighted by atomic mass is 10.2. The first-order valence-electron chi connectivity index (χ1n) is 7.57. The molecule has 6 nitrogen and oxygen atoms in total. The van der Waals surface area contributed by atoms with Gasteiger partial charge in [-0.15, -0.1) is 0 Å². The molecule has 3 N–H and O–H groups in total. The fourth-order valence-electron chi connectivity index (χ4n) is 2.00. The summed E-state index contributed by atoms with van der Waals surface area (Å²) in [5, 5.41) is 8.62. The van der Waals surface area contributed by atoms with Crippen LogP contribution in [0, 0.1) is 0 Å². The second kappa shape index (κ2) is 9.14. The molecular formula is C17H19BrN4O2. The van der Waals surface area contributed by atoms with Crippen LogP contribution in [0.25, 0.3) is 0 Å². The van der Waals surface area contributed by atoms with Gasteiger partial charge in [-0.25, -0.2) is 4.98 Å². The average molecular weight is 391 g/mol. The van der Waals surface area contributed by atoms with Crippen LogP contribution in [0.5, 0.6) is 0 Å². The fraction of sp³-hybridized carbons (Fsp3) is 0.235. The van der Waals surface area contributed by atoms with E-state index in [0.717, 1.165) is 13.0 Å². The number of pyridine rings is 1. The number of benzene rings is 1. The number of rotatable bonds is 7. The van der Waals surface area contributed by atoms with Crippen molar-refractivity contribution in [1.82, 2.24) is 15.6 Å². The summed E-state index contributed by atoms with van der Waals surface area (Å²) in [4.78, 5) is 28.2. The molecule has 0 aliphatic rings. The van der Waals surface area contributed by atoms with Crippen molar-refractivity contribution in [1.29, 1.82) is 0 Å². The van der Waals surface area contributed by atoms with Gasteiger partial charge in [-0.05, 0) is 72.3 Å². The van der Waals surface area contributed by atoms with Gasteiger partial charge in [0.15, 0.2) is 0 Å². The number of anilines is 1. The average Bonchev–Trinajstić information content (AvgIpc) is 2.59. The molecule has 1 aromatic heterocycles. The van der Waals surface area contributed by atoms with Crippen LogP contribution < -0.4 is 16.0 Å². The van der Waals surface area contributed by atoms with E-state index >= 15 is 0 Å². The third kappa shape index (κ3) is 5.43. The van der Waals surface area contributed by atoms with E-state index in [1.165, 1.54) is 0 Å². The predicted molar refractivity (Wildman–Crippen MR) is 97.2 cm³/mol. The van der Waals surface area contributed by atoms with Crippen LogP contribution in [0.1, 0.15) is 27.3 Å². The van der Waals surface area contributed by atoms with Crippen LogP contribution in [0.15, 0.2) is 47.1 Å². The SMILES string of the molecule is CNCCCNC(=O)c1ccc(NC(=O)c2cccc(Br)n2)cc1. The predicted octanol–water partition coefficient (Wildman–Crippen LogP) is 2.44. The maximum Gasteiger partial charge on any atom is 0.274 e. The largest absolute Gasteiger partial charge is 0.352 e. The van der Waals surface area contributed by atoms with Crippen LogP contribution in [0.4, 0.5) is 5.69 Å². The van der Waals surface area contributed by atoms with Crippen LogP contribution >= 0.6 is 15.9 Å². The number of carbonyl (C=O) groups is 2. The first kappa shape index (κ1) is 18.1. The Kier molecular flexibility index (Phi) is 6.89. The second-order valence-electron chi connectivity index (χ2n) is 5.09. The smallest absolute Gasteiger partial charge is 0.274 e. The first-order valence-corrected chi connectivity index (χ1v) is 8.36. The lowest BCUT2D eigenvalue weighted by Gasteiger charge is -2.07. The molecule has 0 bridgehead atoms. The highest BCUT2D eigenvalue weighted by atomic mass is 79.9. The van der Waals surface area contributed by atoms with Gasteiger partial charge in [-0.1, -0.05) is 6.07 Å². The van der Waals surface area contributed by atoms with Gasteiger partial charge in [0.05, 0.1) is 0 Å². The summed E-state index contributed by atoms with van der Waals surface area (Å²) >= 11 is 3.23. The highest BCUT2D eigenvalue weighted by molar-refractivity contribution is 9.10. The van der Waals surface area contributed by atoms with Crippen LogP contribution in [0.2, 0.25) is 0 Å². The molecule has 0 aliphatic heterocycles. The Morgan fingerprint density at radius 1 is 1.04 bits per heavy atom. The Hall–Kier alpha value is -2.25. The summed E-state index contributed by atoms with van der Waals surface area (Å²) in [5.41, 5.74) is 1.47. The van der Waals surface area contributed by atoms with E-state index in [-0.39, 0.29) is 11.8 Å². The minimum absolute atomic E-state index is 0.127. The quantitative estimate of drug-likeness (QED) is 0.500. The van der Waals surface area contributed by atoms with Crippen molar-refractivity contribution in [2.24, 2.45) is 0 Å². The lowest BCUT2D eigenvalue weighted by molar-refractivity contribution is 0.0952. The first-order chi connectivity index (χ1) is 11.6. The molecule has 1 heterocycles. The van der Waals surface area contributed by atoms with Gasteiger partial charge in [-0.2, -0.15) is 0 Å². The van der Waals surface area contributed by atoms with Gasteiger partial charge < -0.3 is 16.0 Å². The van der Waals surface area contributed by atoms with E-state index in [2.05, 4.69) is 36.9 Å². The molecule has 2 amide bonds. The molecule has 1 aromatic carbocycles. The summed E-state index contributed by atoms with van der Waals surface area (Å²) in [7, 11) is 1.87. The van der Waals surface area contributed by atoms with Gasteiger partial charge in [0.2, 0.25) is 0 Å². The maximum atomic E-state index is 12.1. The number of aromatic nitrogens is 1. The van der Waals surface area contributed by atoms with Gasteiger partial charge in [0.25, 0.3) is 11.8 Å². The Labute approximate surface area is 149 Å². The Balaban J connectivity index is 1.92. The molecule has 0 unspecified atom stereocenters. The van der Waals surface area contributed by atoms with E-state index in [4.69, 9.17) is 0 Å². The molecule has 0 saturated heterocycles. The molecule has 126 valence electrons. The summed E-state index contributed by atoms with van der Waals surface area (Å²) in [6.07, 6.45) is 0.871. The number of halogens is 1. The molecule has 0 saturated carbocycles. The molecule has 0 aliphatic carbocycles. The zero-order chi connectivity index (χ0) is 17.4. The molecule has 0 atom stereocenters. The van der Waals surface area contributed by atoms with E-state index in [1.807, 2.05) is 7.05 Å². The zero-order valence-electron chi connectivity index (χ0n) is 13.3. The lowest BCUT2D eigenvalue weighted by Crippen LogP contribution is -2.26. The number of carbonyl (C=O) groups excluding carboxylic acids is 2. The van der Waals surface area contributed by atoms with Crippen molar-refractivity contribution in [3.63, 3.8) is 0 Å². The highest BCUT2D eigenvalue weighted by Gasteiger charge is 2.09. The van der Waals surface area contributed by atoms with Crippen molar-refractivity contribution < 1.29 is 9.59 Å². The fourth-order valence-corrected chi connectivity index (χ4v) is 2.35. The summed E-state index contributed by atoms with van der Waals surface area (Å²) < 4.78 is 0.598. The molecule has 0 radical (unpaired) electrons. The normalized spacial score (nSPS) is 10.2. The van der Waals surface area contributed by atoms with Gasteiger partial charge >= 0.3 is 0 Å². The van der Waals surface area contributed by atoms with Gasteiger partial charge in [-0.3, -0.25) is 9.59 Å². The molecule has 24 heavy (non-hydrogen) atoms. The van der Waals surface area contributed by atoms with Crippen molar-refractivity contribution in [2.45, 2.75) is 6.42 Å². The Bertz CT molecular complexity index is 704. The third-order valence-corrected chi connectivity index (χ3v) is 3.68. The van der Waals surface area contributed by atoms with Crippen LogP contribution in [0.3, 0.4) is 0 Å². The van der Waals surface area contributed by atoms with Crippen molar-refractivity contribution >= 4 is 33.4 Å². The minimum Gasteiger partial charge on any atom is -0.352 e. The van der Waals surface area contributed by atoms with Crippen molar-refractivity contribution in [3.05, 3.63) is 58.3 Å². The summed E-state index contributed by atoms with van der Waals surface area (Å²) in [6, 6.07) is 11.9.